The molecule has 0 aliphatic heterocycles. The number of hydrogen-bond donors (Lipinski definition) is 0. The Bertz CT molecular complexity index is 34.2. The summed E-state index contributed by atoms with van der Waals surface area (Å²) in [6.45, 7) is 0. The molecule has 0 spiro atoms. The molecule has 0 aliphatic rings. The molecule has 0 atom stereocenters. The van der Waals surface area contributed by atoms with E-state index in [9.17, 15) is 7.48 Å². The molecule has 0 amide bonds. The van der Waals surface area contributed by atoms with Gasteiger partial charge in [0, 0.05) is 0 Å². The van der Waals surface area contributed by atoms with Crippen molar-refractivity contribution in [3.05, 3.63) is 0 Å². The van der Waals surface area contributed by atoms with Gasteiger partial charge in [0.05, 0.1) is 0 Å². The van der Waals surface area contributed by atoms with Gasteiger partial charge in [-0.25, -0.2) is 0 Å². The maximum absolute atomic E-state index is 9.22. The van der Waals surface area contributed by atoms with E-state index >= 15 is 0 Å². The first-order valence-electron chi connectivity index (χ1n) is 0.730. The Kier molecular flexibility index (Phi) is 5.31. The van der Waals surface area contributed by atoms with E-state index in [2.05, 4.69) is 2.72 Å². The molecule has 0 rings (SSSR count). The molecule has 0 N–H and O–H groups in total. The second-order valence-electron chi connectivity index (χ2n) is 0.231. The molecule has 0 aromatic heterocycles. The van der Waals surface area contributed by atoms with Crippen molar-refractivity contribution in [3.8, 4) is 0 Å². The second-order valence-corrected chi connectivity index (χ2v) is 2.98. The van der Waals surface area contributed by atoms with Crippen LogP contribution in [-0.2, 0) is 10.2 Å². The van der Waals surface area contributed by atoms with Gasteiger partial charge in [0.2, 0.25) is 0 Å². The summed E-state index contributed by atoms with van der Waals surface area (Å²) in [5.41, 5.74) is 0. The Balaban J connectivity index is 2.65. The molecule has 0 saturated heterocycles. The van der Waals surface area contributed by atoms with E-state index < -0.39 is 32.1 Å². The van der Waals surface area contributed by atoms with Crippen molar-refractivity contribution in [2.75, 3.05) is 0 Å². The molecule has 0 radical (unpaired) electrons. The fraction of sp³-hybridized carbons (Fsp3) is 0. The SMILES string of the molecule is [18O]=[As][18O][As]=[18O]. The molecular formula is As2O3. The summed E-state index contributed by atoms with van der Waals surface area (Å²) in [6.07, 6.45) is 0. The Morgan fingerprint density at radius 1 is 1.20 bits per heavy atom. The molecule has 0 bridgehead atoms. The second kappa shape index (κ2) is 4.68. The molecule has 0 heterocycles. The van der Waals surface area contributed by atoms with Crippen LogP contribution in [0.2, 0.25) is 0 Å². The average Bonchev–Trinajstić information content (AvgIpc) is 1.41. The van der Waals surface area contributed by atoms with Crippen molar-refractivity contribution in [1.82, 2.24) is 0 Å². The molecule has 28 valence electrons. The minimum absolute atomic E-state index is 1.30. The summed E-state index contributed by atoms with van der Waals surface area (Å²) in [5.74, 6) is 0. The van der Waals surface area contributed by atoms with Crippen LogP contribution in [0.1, 0.15) is 0 Å². The monoisotopic (exact) mass is 204 g/mol. The third-order valence-electron chi connectivity index (χ3n) is 0.0667. The van der Waals surface area contributed by atoms with Crippen molar-refractivity contribution in [1.29, 1.82) is 0 Å². The first kappa shape index (κ1) is 5.68. The van der Waals surface area contributed by atoms with Crippen LogP contribution in [0.25, 0.3) is 0 Å². The van der Waals surface area contributed by atoms with E-state index in [1.807, 2.05) is 0 Å². The van der Waals surface area contributed by atoms with Crippen molar-refractivity contribution >= 4 is 32.1 Å². The predicted octanol–water partition coefficient (Wildman–Crippen LogP) is -1.07. The van der Waals surface area contributed by atoms with E-state index in [1.165, 1.54) is 0 Å². The van der Waals surface area contributed by atoms with Gasteiger partial charge < -0.3 is 0 Å². The fourth-order valence-corrected chi connectivity index (χ4v) is 0.367. The number of rotatable bonds is 2. The predicted molar refractivity (Wildman–Crippen MR) is 14.0 cm³/mol. The average molecular weight is 204 g/mol. The Hall–Kier alpha value is 0.677. The quantitative estimate of drug-likeness (QED) is 0.424. The van der Waals surface area contributed by atoms with Crippen LogP contribution in [-0.4, -0.2) is 32.1 Å². The summed E-state index contributed by atoms with van der Waals surface area (Å²) < 4.78 is 22.4. The Labute approximate surface area is 42.6 Å². The molecule has 3 nitrogen and oxygen atoms in total. The molecule has 0 fully saturated rings. The van der Waals surface area contributed by atoms with Crippen LogP contribution in [0.3, 0.4) is 0 Å². The Morgan fingerprint density at radius 2 is 1.60 bits per heavy atom. The van der Waals surface area contributed by atoms with E-state index in [0.717, 1.165) is 0 Å². The molecule has 0 aromatic rings. The summed E-state index contributed by atoms with van der Waals surface area (Å²) in [6, 6.07) is 0. The zero-order chi connectivity index (χ0) is 4.12. The minimum atomic E-state index is -1.30. The van der Waals surface area contributed by atoms with E-state index in [-0.39, 0.29) is 0 Å². The molecular weight excluding hydrogens is 204 g/mol. The zero-order valence-electron chi connectivity index (χ0n) is 2.12. The van der Waals surface area contributed by atoms with E-state index in [4.69, 9.17) is 0 Å². The van der Waals surface area contributed by atoms with Crippen molar-refractivity contribution in [2.24, 2.45) is 0 Å². The van der Waals surface area contributed by atoms with Gasteiger partial charge in [-0.3, -0.25) is 0 Å². The van der Waals surface area contributed by atoms with Crippen molar-refractivity contribution in [3.63, 3.8) is 0 Å². The van der Waals surface area contributed by atoms with Gasteiger partial charge in [0.15, 0.2) is 0 Å². The first-order valence-corrected chi connectivity index (χ1v) is 3.79. The topological polar surface area (TPSA) is 43.4 Å². The van der Waals surface area contributed by atoms with Crippen molar-refractivity contribution < 1.29 is 10.2 Å². The third kappa shape index (κ3) is 4.68. The fourth-order valence-electron chi connectivity index (χ4n) is 0.0136. The van der Waals surface area contributed by atoms with Crippen LogP contribution < -0.4 is 0 Å². The van der Waals surface area contributed by atoms with Crippen LogP contribution in [0.15, 0.2) is 0 Å². The van der Waals surface area contributed by atoms with Crippen LogP contribution in [0.4, 0.5) is 0 Å². The third-order valence-corrected chi connectivity index (χ3v) is 1.80. The van der Waals surface area contributed by atoms with E-state index in [1.54, 1.807) is 0 Å². The zero-order valence-corrected chi connectivity index (χ0v) is 5.87. The van der Waals surface area contributed by atoms with E-state index in [0.29, 0.717) is 0 Å². The molecule has 0 aromatic carbocycles. The normalized spacial score (nSPS) is 9.60. The molecule has 0 saturated carbocycles. The molecule has 0 aliphatic carbocycles. The first-order chi connectivity index (χ1) is 2.41. The van der Waals surface area contributed by atoms with Crippen molar-refractivity contribution in [2.45, 2.75) is 0 Å². The van der Waals surface area contributed by atoms with Crippen LogP contribution >= 0.6 is 0 Å². The van der Waals surface area contributed by atoms with Gasteiger partial charge >= 0.3 is 42.3 Å². The van der Waals surface area contributed by atoms with Gasteiger partial charge in [-0.05, 0) is 0 Å². The molecule has 5 heteroatoms. The van der Waals surface area contributed by atoms with Gasteiger partial charge in [-0.2, -0.15) is 0 Å². The number of hydrogen-bond acceptors (Lipinski definition) is 3. The Morgan fingerprint density at radius 3 is 1.60 bits per heavy atom. The summed E-state index contributed by atoms with van der Waals surface area (Å²) in [7, 11) is 0. The summed E-state index contributed by atoms with van der Waals surface area (Å²) in [4.78, 5) is 0. The van der Waals surface area contributed by atoms with Crippen LogP contribution in [0, 0.1) is 0 Å². The van der Waals surface area contributed by atoms with Gasteiger partial charge in [0.25, 0.3) is 0 Å². The van der Waals surface area contributed by atoms with Gasteiger partial charge in [-0.15, -0.1) is 0 Å². The van der Waals surface area contributed by atoms with Crippen LogP contribution in [0.5, 0.6) is 0 Å². The van der Waals surface area contributed by atoms with Gasteiger partial charge in [0.1, 0.15) is 0 Å². The maximum atomic E-state index is 9.22. The van der Waals surface area contributed by atoms with Gasteiger partial charge in [-0.1, -0.05) is 0 Å². The molecule has 5 heavy (non-hydrogen) atoms. The summed E-state index contributed by atoms with van der Waals surface area (Å²) in [5, 5.41) is 0. The molecule has 0 unspecified atom stereocenters. The summed E-state index contributed by atoms with van der Waals surface area (Å²) >= 11 is -2.61. The standard InChI is InChI=1S/As2O3/c3-1-5-2-4/i3+2,4+2,5+2.